The van der Waals surface area contributed by atoms with E-state index in [-0.39, 0.29) is 5.56 Å². The number of rotatable bonds is 4. The number of halogens is 2. The van der Waals surface area contributed by atoms with E-state index in [1.54, 1.807) is 48.5 Å². The quantitative estimate of drug-likeness (QED) is 0.297. The van der Waals surface area contributed by atoms with Gasteiger partial charge in [0.15, 0.2) is 5.76 Å². The van der Waals surface area contributed by atoms with Crippen LogP contribution in [0.15, 0.2) is 58.8 Å². The average Bonchev–Trinajstić information content (AvgIpc) is 2.62. The molecule has 0 spiro atoms. The molecule has 0 fully saturated rings. The number of hydrogen-bond acceptors (Lipinski definition) is 4. The molecular formula is C17H16Br2O4. The van der Waals surface area contributed by atoms with Crippen molar-refractivity contribution in [3.8, 4) is 5.75 Å². The highest BCUT2D eigenvalue weighted by Gasteiger charge is 2.19. The van der Waals surface area contributed by atoms with E-state index in [1.165, 1.54) is 7.11 Å². The van der Waals surface area contributed by atoms with Crippen molar-refractivity contribution < 1.29 is 19.7 Å². The first-order valence-electron chi connectivity index (χ1n) is 6.48. The monoisotopic (exact) mass is 442 g/mol. The van der Waals surface area contributed by atoms with E-state index in [2.05, 4.69) is 31.9 Å². The molecule has 6 heteroatoms. The van der Waals surface area contributed by atoms with E-state index in [1.807, 2.05) is 5.83 Å². The first-order chi connectivity index (χ1) is 11.0. The number of alkyl halides is 1. The first kappa shape index (κ1) is 19.3. The van der Waals surface area contributed by atoms with Gasteiger partial charge in [-0.15, -0.1) is 0 Å². The Hall–Kier alpha value is -1.79. The Morgan fingerprint density at radius 2 is 1.57 bits per heavy atom. The number of benzene rings is 2. The summed E-state index contributed by atoms with van der Waals surface area (Å²) in [7, 11) is 1.53. The van der Waals surface area contributed by atoms with Crippen molar-refractivity contribution in [1.29, 1.82) is 0 Å². The Balaban J connectivity index is 0.00000127. The van der Waals surface area contributed by atoms with Gasteiger partial charge in [-0.1, -0.05) is 44.0 Å². The summed E-state index contributed by atoms with van der Waals surface area (Å²) in [5, 5.41) is 20.0. The van der Waals surface area contributed by atoms with Gasteiger partial charge in [-0.05, 0) is 42.2 Å². The zero-order valence-electron chi connectivity index (χ0n) is 12.6. The van der Waals surface area contributed by atoms with Crippen LogP contribution in [-0.4, -0.2) is 28.9 Å². The van der Waals surface area contributed by atoms with Gasteiger partial charge in [-0.25, -0.2) is 0 Å². The molecule has 0 saturated heterocycles. The molecule has 0 amide bonds. The molecule has 2 N–H and O–H groups in total. The maximum atomic E-state index is 12.2. The van der Waals surface area contributed by atoms with Gasteiger partial charge in [0.1, 0.15) is 5.75 Å². The van der Waals surface area contributed by atoms with Crippen LogP contribution in [0.1, 0.15) is 15.9 Å². The van der Waals surface area contributed by atoms with Gasteiger partial charge >= 0.3 is 0 Å². The fraction of sp³-hybridized carbons (Fsp3) is 0.118. The second kappa shape index (κ2) is 9.37. The number of methoxy groups -OCH3 is 1. The second-order valence-electron chi connectivity index (χ2n) is 4.23. The Kier molecular flexibility index (Phi) is 7.85. The van der Waals surface area contributed by atoms with Crippen LogP contribution in [0.25, 0.3) is 5.76 Å². The van der Waals surface area contributed by atoms with E-state index in [0.29, 0.717) is 15.8 Å². The minimum absolute atomic E-state index is 0.273. The summed E-state index contributed by atoms with van der Waals surface area (Å²) in [4.78, 5) is 12.2. The fourth-order valence-corrected chi connectivity index (χ4v) is 2.23. The molecule has 0 unspecified atom stereocenters. The van der Waals surface area contributed by atoms with Crippen LogP contribution in [0.2, 0.25) is 0 Å². The number of carbonyl (C=O) groups is 1. The van der Waals surface area contributed by atoms with Crippen molar-refractivity contribution in [2.24, 2.45) is 0 Å². The highest BCUT2D eigenvalue weighted by molar-refractivity contribution is 9.10. The molecule has 0 aliphatic heterocycles. The number of allylic oxidation sites excluding steroid dienone is 1. The molecule has 0 aliphatic carbocycles. The smallest absolute Gasteiger partial charge is 0.232 e. The predicted molar refractivity (Wildman–Crippen MR) is 98.5 cm³/mol. The van der Waals surface area contributed by atoms with E-state index < -0.39 is 17.3 Å². The lowest BCUT2D eigenvalue weighted by atomic mass is 10.1. The highest BCUT2D eigenvalue weighted by atomic mass is 79.9. The Morgan fingerprint density at radius 3 is 2.09 bits per heavy atom. The molecule has 2 rings (SSSR count). The van der Waals surface area contributed by atoms with Crippen molar-refractivity contribution in [3.05, 3.63) is 69.9 Å². The van der Waals surface area contributed by atoms with Gasteiger partial charge in [0.25, 0.3) is 0 Å². The molecule has 0 bridgehead atoms. The largest absolute Gasteiger partial charge is 0.504 e. The van der Waals surface area contributed by atoms with E-state index in [9.17, 15) is 15.0 Å². The third-order valence-corrected chi connectivity index (χ3v) is 3.61. The van der Waals surface area contributed by atoms with Crippen LogP contribution in [0.4, 0.5) is 0 Å². The number of ketones is 1. The topological polar surface area (TPSA) is 66.8 Å². The van der Waals surface area contributed by atoms with E-state index in [4.69, 9.17) is 4.74 Å². The molecule has 0 heterocycles. The fourth-order valence-electron chi connectivity index (χ4n) is 1.77. The second-order valence-corrected chi connectivity index (χ2v) is 5.09. The van der Waals surface area contributed by atoms with Crippen LogP contribution >= 0.6 is 31.9 Å². The number of carbonyl (C=O) groups excluding carboxylic acids is 1. The zero-order valence-corrected chi connectivity index (χ0v) is 15.8. The summed E-state index contributed by atoms with van der Waals surface area (Å²) in [5.74, 6) is 0.594. The summed E-state index contributed by atoms with van der Waals surface area (Å²) in [6, 6.07) is 13.0. The normalized spacial score (nSPS) is 11.0. The van der Waals surface area contributed by atoms with E-state index in [0.717, 1.165) is 0 Å². The maximum Gasteiger partial charge on any atom is 0.232 e. The third-order valence-electron chi connectivity index (χ3n) is 2.92. The number of aliphatic hydroxyl groups is 2. The number of hydrogen-bond donors (Lipinski definition) is 2. The molecule has 0 saturated carbocycles. The van der Waals surface area contributed by atoms with Crippen LogP contribution in [0.5, 0.6) is 5.75 Å². The van der Waals surface area contributed by atoms with Gasteiger partial charge in [0.2, 0.25) is 11.5 Å². The van der Waals surface area contributed by atoms with Crippen molar-refractivity contribution in [1.82, 2.24) is 0 Å². The van der Waals surface area contributed by atoms with Crippen molar-refractivity contribution in [3.63, 3.8) is 0 Å². The van der Waals surface area contributed by atoms with Crippen molar-refractivity contribution in [2.45, 2.75) is 0 Å². The molecule has 23 heavy (non-hydrogen) atoms. The molecule has 122 valence electrons. The minimum Gasteiger partial charge on any atom is -0.504 e. The van der Waals surface area contributed by atoms with Gasteiger partial charge in [-0.3, -0.25) is 4.79 Å². The van der Waals surface area contributed by atoms with Gasteiger partial charge in [-0.2, -0.15) is 0 Å². The standard InChI is InChI=1S/C16H13BrO4.CH3Br/c1-21-11-8-6-10(7-9-11)14(18)16(20)15(19)12-4-2-3-5-13(12)17;1-2/h2-9,18,20H,1H3;1H3/b16-14+;. The third kappa shape index (κ3) is 4.84. The highest BCUT2D eigenvalue weighted by Crippen LogP contribution is 2.23. The Bertz CT molecular complexity index is 694. The van der Waals surface area contributed by atoms with Crippen molar-refractivity contribution >= 4 is 43.4 Å². The minimum atomic E-state index is -0.702. The Morgan fingerprint density at radius 1 is 1.00 bits per heavy atom. The molecule has 0 atom stereocenters. The number of Topliss-reactive ketones (excluding diaryl/α,β-unsaturated/α-hetero) is 1. The summed E-state index contributed by atoms with van der Waals surface area (Å²) >= 11 is 6.17. The number of aliphatic hydroxyl groups excluding tert-OH is 2. The predicted octanol–water partition coefficient (Wildman–Crippen LogP) is 5.14. The summed E-state index contributed by atoms with van der Waals surface area (Å²) in [6.07, 6.45) is 0. The van der Waals surface area contributed by atoms with E-state index >= 15 is 0 Å². The molecule has 0 aliphatic rings. The first-order valence-corrected chi connectivity index (χ1v) is 8.86. The summed E-state index contributed by atoms with van der Waals surface area (Å²) < 4.78 is 5.55. The van der Waals surface area contributed by atoms with Gasteiger partial charge in [0, 0.05) is 15.6 Å². The average molecular weight is 444 g/mol. The molecule has 2 aromatic rings. The van der Waals surface area contributed by atoms with Crippen LogP contribution < -0.4 is 4.74 Å². The SMILES string of the molecule is CBr.COc1ccc(/C(O)=C(\O)C(=O)c2ccccc2Br)cc1. The van der Waals surface area contributed by atoms with Crippen LogP contribution in [0.3, 0.4) is 0 Å². The van der Waals surface area contributed by atoms with Gasteiger partial charge < -0.3 is 14.9 Å². The number of ether oxygens (including phenoxy) is 1. The summed E-state index contributed by atoms with van der Waals surface area (Å²) in [5.41, 5.74) is 0.601. The van der Waals surface area contributed by atoms with Crippen LogP contribution in [0, 0.1) is 0 Å². The molecule has 4 nitrogen and oxygen atoms in total. The molecule has 2 aromatic carbocycles. The lowest BCUT2D eigenvalue weighted by Gasteiger charge is -2.07. The zero-order chi connectivity index (χ0) is 17.4. The molecular weight excluding hydrogens is 428 g/mol. The summed E-state index contributed by atoms with van der Waals surface area (Å²) in [6.45, 7) is 0. The van der Waals surface area contributed by atoms with Crippen molar-refractivity contribution in [2.75, 3.05) is 12.9 Å². The van der Waals surface area contributed by atoms with Crippen LogP contribution in [-0.2, 0) is 0 Å². The van der Waals surface area contributed by atoms with Gasteiger partial charge in [0.05, 0.1) is 7.11 Å². The maximum absolute atomic E-state index is 12.2. The lowest BCUT2D eigenvalue weighted by Crippen LogP contribution is -2.06. The lowest BCUT2D eigenvalue weighted by molar-refractivity contribution is 0.0974. The Labute approximate surface area is 151 Å². The molecule has 0 radical (unpaired) electrons. The molecule has 0 aromatic heterocycles.